The van der Waals surface area contributed by atoms with E-state index in [1.165, 1.54) is 6.07 Å². The molecule has 2 aromatic rings. The van der Waals surface area contributed by atoms with Gasteiger partial charge in [-0.05, 0) is 24.3 Å². The van der Waals surface area contributed by atoms with Crippen molar-refractivity contribution in [2.45, 2.75) is 6.42 Å². The Bertz CT molecular complexity index is 816. The SMILES string of the molecule is O=C(CCNC(=O)Nc1ccccc1)NCC(=O)Nc1ccc(F)c(F)c1. The second kappa shape index (κ2) is 9.85. The van der Waals surface area contributed by atoms with Gasteiger partial charge in [0.25, 0.3) is 0 Å². The summed E-state index contributed by atoms with van der Waals surface area (Å²) in [5.74, 6) is -3.15. The number of amides is 4. The van der Waals surface area contributed by atoms with Crippen molar-refractivity contribution in [2.75, 3.05) is 23.7 Å². The van der Waals surface area contributed by atoms with E-state index in [2.05, 4.69) is 21.3 Å². The lowest BCUT2D eigenvalue weighted by atomic mass is 10.3. The number of halogens is 2. The van der Waals surface area contributed by atoms with E-state index in [0.717, 1.165) is 12.1 Å². The van der Waals surface area contributed by atoms with E-state index in [9.17, 15) is 23.2 Å². The molecule has 4 N–H and O–H groups in total. The molecule has 9 heteroatoms. The molecule has 2 rings (SSSR count). The van der Waals surface area contributed by atoms with Crippen molar-refractivity contribution in [3.63, 3.8) is 0 Å². The highest BCUT2D eigenvalue weighted by Crippen LogP contribution is 2.12. The van der Waals surface area contributed by atoms with Gasteiger partial charge in [-0.2, -0.15) is 0 Å². The van der Waals surface area contributed by atoms with Gasteiger partial charge >= 0.3 is 6.03 Å². The van der Waals surface area contributed by atoms with Crippen LogP contribution in [0.4, 0.5) is 25.0 Å². The molecule has 0 fully saturated rings. The Hall–Kier alpha value is -3.49. The van der Waals surface area contributed by atoms with Gasteiger partial charge in [0.1, 0.15) is 0 Å². The van der Waals surface area contributed by atoms with Crippen molar-refractivity contribution in [3.8, 4) is 0 Å². The third kappa shape index (κ3) is 7.10. The molecule has 0 aliphatic rings. The van der Waals surface area contributed by atoms with Crippen LogP contribution < -0.4 is 21.3 Å². The maximum atomic E-state index is 13.1. The molecule has 27 heavy (non-hydrogen) atoms. The van der Waals surface area contributed by atoms with Crippen LogP contribution in [-0.2, 0) is 9.59 Å². The number of carbonyl (C=O) groups excluding carboxylic acids is 3. The molecule has 0 radical (unpaired) electrons. The average molecular weight is 376 g/mol. The van der Waals surface area contributed by atoms with Crippen molar-refractivity contribution in [3.05, 3.63) is 60.2 Å². The van der Waals surface area contributed by atoms with Gasteiger partial charge in [0.2, 0.25) is 11.8 Å². The maximum Gasteiger partial charge on any atom is 0.319 e. The van der Waals surface area contributed by atoms with Crippen molar-refractivity contribution in [1.82, 2.24) is 10.6 Å². The maximum absolute atomic E-state index is 13.1. The van der Waals surface area contributed by atoms with Gasteiger partial charge in [0.05, 0.1) is 6.54 Å². The van der Waals surface area contributed by atoms with E-state index in [0.29, 0.717) is 5.69 Å². The van der Waals surface area contributed by atoms with Crippen LogP contribution in [0, 0.1) is 11.6 Å². The summed E-state index contributed by atoms with van der Waals surface area (Å²) >= 11 is 0. The average Bonchev–Trinajstić information content (AvgIpc) is 2.64. The zero-order valence-corrected chi connectivity index (χ0v) is 14.2. The molecule has 0 saturated carbocycles. The topological polar surface area (TPSA) is 99.3 Å². The number of nitrogens with one attached hydrogen (secondary N) is 4. The molecule has 0 unspecified atom stereocenters. The van der Waals surface area contributed by atoms with Gasteiger partial charge in [0, 0.05) is 30.4 Å². The number of benzene rings is 2. The minimum absolute atomic E-state index is 0.0271. The number of para-hydroxylation sites is 1. The number of rotatable bonds is 7. The largest absolute Gasteiger partial charge is 0.347 e. The smallest absolute Gasteiger partial charge is 0.319 e. The summed E-state index contributed by atoms with van der Waals surface area (Å²) < 4.78 is 25.9. The minimum Gasteiger partial charge on any atom is -0.347 e. The molecule has 7 nitrogen and oxygen atoms in total. The van der Waals surface area contributed by atoms with Crippen molar-refractivity contribution in [2.24, 2.45) is 0 Å². The van der Waals surface area contributed by atoms with Gasteiger partial charge < -0.3 is 21.3 Å². The van der Waals surface area contributed by atoms with Crippen LogP contribution in [0.15, 0.2) is 48.5 Å². The monoisotopic (exact) mass is 376 g/mol. The highest BCUT2D eigenvalue weighted by molar-refractivity contribution is 5.94. The first-order chi connectivity index (χ1) is 12.9. The molecule has 0 heterocycles. The van der Waals surface area contributed by atoms with E-state index in [1.807, 2.05) is 6.07 Å². The van der Waals surface area contributed by atoms with Crippen LogP contribution in [0.2, 0.25) is 0 Å². The molecule has 4 amide bonds. The Morgan fingerprint density at radius 2 is 1.52 bits per heavy atom. The lowest BCUT2D eigenvalue weighted by Gasteiger charge is -2.09. The Kier molecular flexibility index (Phi) is 7.24. The Morgan fingerprint density at radius 1 is 0.778 bits per heavy atom. The van der Waals surface area contributed by atoms with E-state index >= 15 is 0 Å². The summed E-state index contributed by atoms with van der Waals surface area (Å²) in [6.45, 7) is -0.261. The zero-order chi connectivity index (χ0) is 19.6. The summed E-state index contributed by atoms with van der Waals surface area (Å²) in [5.41, 5.74) is 0.695. The second-order valence-electron chi connectivity index (χ2n) is 5.45. The normalized spacial score (nSPS) is 10.0. The standard InChI is InChI=1S/C18H18F2N4O3/c19-14-7-6-13(10-15(14)20)23-17(26)11-22-16(25)8-9-21-18(27)24-12-4-2-1-3-5-12/h1-7,10H,8-9,11H2,(H,22,25)(H,23,26)(H2,21,24,27). The van der Waals surface area contributed by atoms with Crippen LogP contribution >= 0.6 is 0 Å². The summed E-state index contributed by atoms with van der Waals surface area (Å²) in [6, 6.07) is 11.3. The molecule has 142 valence electrons. The zero-order valence-electron chi connectivity index (χ0n) is 14.2. The van der Waals surface area contributed by atoms with Gasteiger partial charge in [-0.3, -0.25) is 9.59 Å². The molecule has 0 spiro atoms. The summed E-state index contributed by atoms with van der Waals surface area (Å²) in [5, 5.41) is 9.80. The number of anilines is 2. The van der Waals surface area contributed by atoms with Crippen molar-refractivity contribution in [1.29, 1.82) is 0 Å². The van der Waals surface area contributed by atoms with Gasteiger partial charge in [0.15, 0.2) is 11.6 Å². The third-order valence-corrected chi connectivity index (χ3v) is 3.32. The van der Waals surface area contributed by atoms with Gasteiger partial charge in [-0.1, -0.05) is 18.2 Å². The second-order valence-corrected chi connectivity index (χ2v) is 5.45. The third-order valence-electron chi connectivity index (χ3n) is 3.32. The molecular formula is C18H18F2N4O3. The number of urea groups is 1. The first kappa shape index (κ1) is 19.8. The highest BCUT2D eigenvalue weighted by atomic mass is 19.2. The fraction of sp³-hybridized carbons (Fsp3) is 0.167. The fourth-order valence-electron chi connectivity index (χ4n) is 2.03. The van der Waals surface area contributed by atoms with Gasteiger partial charge in [-0.25, -0.2) is 13.6 Å². The quantitative estimate of drug-likeness (QED) is 0.596. The molecule has 0 bridgehead atoms. The first-order valence-electron chi connectivity index (χ1n) is 8.05. The van der Waals surface area contributed by atoms with E-state index < -0.39 is 29.5 Å². The molecule has 0 saturated heterocycles. The van der Waals surface area contributed by atoms with Crippen LogP contribution in [0.1, 0.15) is 6.42 Å². The molecule has 0 atom stereocenters. The van der Waals surface area contributed by atoms with Gasteiger partial charge in [-0.15, -0.1) is 0 Å². The lowest BCUT2D eigenvalue weighted by Crippen LogP contribution is -2.36. The molecule has 2 aromatic carbocycles. The number of hydrogen-bond acceptors (Lipinski definition) is 3. The number of carbonyl (C=O) groups is 3. The van der Waals surface area contributed by atoms with E-state index in [-0.39, 0.29) is 25.2 Å². The van der Waals surface area contributed by atoms with Crippen LogP contribution in [0.25, 0.3) is 0 Å². The predicted octanol–water partition coefficient (Wildman–Crippen LogP) is 2.23. The van der Waals surface area contributed by atoms with Crippen molar-refractivity contribution >= 4 is 29.2 Å². The fourth-order valence-corrected chi connectivity index (χ4v) is 2.03. The molecular weight excluding hydrogens is 358 g/mol. The minimum atomic E-state index is -1.09. The lowest BCUT2D eigenvalue weighted by molar-refractivity contribution is -0.124. The molecule has 0 aliphatic carbocycles. The van der Waals surface area contributed by atoms with Crippen LogP contribution in [0.3, 0.4) is 0 Å². The molecule has 0 aliphatic heterocycles. The Morgan fingerprint density at radius 3 is 2.22 bits per heavy atom. The number of hydrogen-bond donors (Lipinski definition) is 4. The summed E-state index contributed by atoms with van der Waals surface area (Å²) in [6.07, 6.45) is -0.0271. The van der Waals surface area contributed by atoms with E-state index in [1.54, 1.807) is 24.3 Å². The summed E-state index contributed by atoms with van der Waals surface area (Å²) in [4.78, 5) is 35.0. The predicted molar refractivity (Wildman–Crippen MR) is 96.1 cm³/mol. The van der Waals surface area contributed by atoms with Crippen LogP contribution in [-0.4, -0.2) is 30.9 Å². The first-order valence-corrected chi connectivity index (χ1v) is 8.05. The Balaban J connectivity index is 1.63. The van der Waals surface area contributed by atoms with Crippen molar-refractivity contribution < 1.29 is 23.2 Å². The Labute approximate surface area is 154 Å². The summed E-state index contributed by atoms with van der Waals surface area (Å²) in [7, 11) is 0. The molecule has 0 aromatic heterocycles. The van der Waals surface area contributed by atoms with E-state index in [4.69, 9.17) is 0 Å². The van der Waals surface area contributed by atoms with Crippen LogP contribution in [0.5, 0.6) is 0 Å². The highest BCUT2D eigenvalue weighted by Gasteiger charge is 2.09.